The molecule has 0 amide bonds. The first-order valence-electron chi connectivity index (χ1n) is 9.99. The number of carbonyl (C=O) groups is 1. The molecule has 3 aromatic rings. The standard InChI is InChI=1S/C23H21BrN4O3/c1-30-19-8-5-14(11-20(19)31-2)15-9-17-21(18(29)10-15)22(13-3-6-16(24)7-4-13)28-23(27-17)25-12-26-28/h3-8,11-12,15,22H,9-10H2,1-2H3,(H,25,26,27)/t15-,22-/m1/s1. The van der Waals surface area contributed by atoms with Crippen molar-refractivity contribution in [3.05, 3.63) is 75.7 Å². The Hall–Kier alpha value is -3.13. The second kappa shape index (κ2) is 7.85. The molecule has 2 heterocycles. The molecule has 0 bridgehead atoms. The van der Waals surface area contributed by atoms with E-state index in [2.05, 4.69) is 31.3 Å². The third-order valence-corrected chi connectivity index (χ3v) is 6.46. The highest BCUT2D eigenvalue weighted by atomic mass is 79.9. The maximum Gasteiger partial charge on any atom is 0.226 e. The molecule has 0 radical (unpaired) electrons. The summed E-state index contributed by atoms with van der Waals surface area (Å²) in [6.07, 6.45) is 2.65. The summed E-state index contributed by atoms with van der Waals surface area (Å²) in [7, 11) is 3.23. The van der Waals surface area contributed by atoms with Gasteiger partial charge in [-0.1, -0.05) is 34.1 Å². The summed E-state index contributed by atoms with van der Waals surface area (Å²) in [6, 6.07) is 13.6. The molecule has 31 heavy (non-hydrogen) atoms. The fourth-order valence-electron chi connectivity index (χ4n) is 4.45. The molecular formula is C23H21BrN4O3. The third-order valence-electron chi connectivity index (χ3n) is 5.93. The van der Waals surface area contributed by atoms with Crippen molar-refractivity contribution in [3.8, 4) is 11.5 Å². The lowest BCUT2D eigenvalue weighted by atomic mass is 9.78. The molecule has 1 N–H and O–H groups in total. The molecular weight excluding hydrogens is 460 g/mol. The van der Waals surface area contributed by atoms with Gasteiger partial charge in [0, 0.05) is 22.2 Å². The van der Waals surface area contributed by atoms with E-state index in [4.69, 9.17) is 9.47 Å². The van der Waals surface area contributed by atoms with E-state index in [-0.39, 0.29) is 17.7 Å². The van der Waals surface area contributed by atoms with E-state index in [1.165, 1.54) is 6.33 Å². The fraction of sp³-hybridized carbons (Fsp3) is 0.261. The Kier molecular flexibility index (Phi) is 5.02. The molecule has 5 rings (SSSR count). The maximum atomic E-state index is 13.4. The Labute approximate surface area is 188 Å². The van der Waals surface area contributed by atoms with E-state index in [0.29, 0.717) is 30.3 Å². The number of allylic oxidation sites excluding steroid dienone is 2. The number of benzene rings is 2. The number of ketones is 1. The maximum absolute atomic E-state index is 13.4. The van der Waals surface area contributed by atoms with Gasteiger partial charge < -0.3 is 14.8 Å². The zero-order valence-corrected chi connectivity index (χ0v) is 18.7. The second-order valence-electron chi connectivity index (χ2n) is 7.64. The minimum atomic E-state index is -0.291. The number of nitrogens with one attached hydrogen (secondary N) is 1. The Morgan fingerprint density at radius 2 is 1.77 bits per heavy atom. The molecule has 0 saturated carbocycles. The molecule has 0 unspecified atom stereocenters. The molecule has 2 aliphatic rings. The Bertz CT molecular complexity index is 1190. The van der Waals surface area contributed by atoms with Crippen LogP contribution in [0.3, 0.4) is 0 Å². The highest BCUT2D eigenvalue weighted by Gasteiger charge is 2.39. The predicted molar refractivity (Wildman–Crippen MR) is 119 cm³/mol. The first kappa shape index (κ1) is 19.8. The molecule has 2 aromatic carbocycles. The minimum absolute atomic E-state index is 0.0404. The van der Waals surface area contributed by atoms with Crippen LogP contribution >= 0.6 is 15.9 Å². The SMILES string of the molecule is COc1ccc([C@H]2CC(=O)C3=C(C2)Nc2ncnn2[C@@H]3c2ccc(Br)cc2)cc1OC. The van der Waals surface area contributed by atoms with Crippen LogP contribution in [-0.4, -0.2) is 34.8 Å². The summed E-state index contributed by atoms with van der Waals surface area (Å²) >= 11 is 3.48. The van der Waals surface area contributed by atoms with Crippen LogP contribution in [0, 0.1) is 0 Å². The molecule has 0 fully saturated rings. The van der Waals surface area contributed by atoms with Crippen molar-refractivity contribution in [1.29, 1.82) is 0 Å². The minimum Gasteiger partial charge on any atom is -0.493 e. The summed E-state index contributed by atoms with van der Waals surface area (Å²) in [5, 5.41) is 7.75. The molecule has 8 heteroatoms. The molecule has 7 nitrogen and oxygen atoms in total. The molecule has 1 aliphatic carbocycles. The predicted octanol–water partition coefficient (Wildman–Crippen LogP) is 4.47. The van der Waals surface area contributed by atoms with Gasteiger partial charge in [-0.25, -0.2) is 4.68 Å². The Morgan fingerprint density at radius 3 is 2.52 bits per heavy atom. The summed E-state index contributed by atoms with van der Waals surface area (Å²) in [5.74, 6) is 2.14. The summed E-state index contributed by atoms with van der Waals surface area (Å²) in [4.78, 5) is 17.8. The Morgan fingerprint density at radius 1 is 1.03 bits per heavy atom. The smallest absolute Gasteiger partial charge is 0.226 e. The highest BCUT2D eigenvalue weighted by molar-refractivity contribution is 9.10. The monoisotopic (exact) mass is 480 g/mol. The number of aromatic nitrogens is 3. The Balaban J connectivity index is 1.55. The van der Waals surface area contributed by atoms with Gasteiger partial charge in [0.2, 0.25) is 5.95 Å². The number of ether oxygens (including phenoxy) is 2. The van der Waals surface area contributed by atoms with Gasteiger partial charge in [0.05, 0.1) is 14.2 Å². The highest BCUT2D eigenvalue weighted by Crippen LogP contribution is 2.44. The number of rotatable bonds is 4. The van der Waals surface area contributed by atoms with Crippen molar-refractivity contribution < 1.29 is 14.3 Å². The van der Waals surface area contributed by atoms with Crippen molar-refractivity contribution in [2.75, 3.05) is 19.5 Å². The van der Waals surface area contributed by atoms with Crippen LogP contribution in [0.1, 0.15) is 35.9 Å². The lowest BCUT2D eigenvalue weighted by Crippen LogP contribution is -2.33. The van der Waals surface area contributed by atoms with Gasteiger partial charge in [-0.05, 0) is 47.7 Å². The summed E-state index contributed by atoms with van der Waals surface area (Å²) < 4.78 is 13.6. The summed E-state index contributed by atoms with van der Waals surface area (Å²) in [5.41, 5.74) is 3.72. The van der Waals surface area contributed by atoms with Gasteiger partial charge in [0.25, 0.3) is 0 Å². The number of nitrogens with zero attached hydrogens (tertiary/aromatic N) is 3. The van der Waals surface area contributed by atoms with Gasteiger partial charge >= 0.3 is 0 Å². The van der Waals surface area contributed by atoms with Gasteiger partial charge in [0.1, 0.15) is 12.4 Å². The lowest BCUT2D eigenvalue weighted by Gasteiger charge is -2.35. The van der Waals surface area contributed by atoms with Crippen LogP contribution in [0.2, 0.25) is 0 Å². The normalized spacial score (nSPS) is 20.0. The number of carbonyl (C=O) groups excluding carboxylic acids is 1. The largest absolute Gasteiger partial charge is 0.493 e. The van der Waals surface area contributed by atoms with Gasteiger partial charge in [-0.2, -0.15) is 10.1 Å². The number of Topliss-reactive ketones (excluding diaryl/α,β-unsaturated/α-hetero) is 1. The van der Waals surface area contributed by atoms with E-state index >= 15 is 0 Å². The average Bonchev–Trinajstić information content (AvgIpc) is 3.26. The number of fused-ring (bicyclic) bond motifs is 1. The number of hydrogen-bond donors (Lipinski definition) is 1. The van der Waals surface area contributed by atoms with Gasteiger partial charge in [0.15, 0.2) is 17.3 Å². The van der Waals surface area contributed by atoms with Crippen LogP contribution in [0.4, 0.5) is 5.95 Å². The van der Waals surface area contributed by atoms with Crippen molar-refractivity contribution in [1.82, 2.24) is 14.8 Å². The van der Waals surface area contributed by atoms with Crippen molar-refractivity contribution in [3.63, 3.8) is 0 Å². The fourth-order valence-corrected chi connectivity index (χ4v) is 4.71. The molecule has 1 aromatic heterocycles. The van der Waals surface area contributed by atoms with E-state index < -0.39 is 0 Å². The molecule has 0 saturated heterocycles. The first-order valence-corrected chi connectivity index (χ1v) is 10.8. The van der Waals surface area contributed by atoms with E-state index in [1.54, 1.807) is 18.9 Å². The number of anilines is 1. The topological polar surface area (TPSA) is 78.3 Å². The molecule has 1 aliphatic heterocycles. The molecule has 158 valence electrons. The number of methoxy groups -OCH3 is 2. The van der Waals surface area contributed by atoms with E-state index in [9.17, 15) is 4.79 Å². The number of halogens is 1. The molecule has 0 spiro atoms. The zero-order chi connectivity index (χ0) is 21.5. The van der Waals surface area contributed by atoms with Crippen LogP contribution in [0.15, 0.2) is 64.5 Å². The van der Waals surface area contributed by atoms with E-state index in [1.807, 2.05) is 42.5 Å². The van der Waals surface area contributed by atoms with Gasteiger partial charge in [-0.3, -0.25) is 4.79 Å². The first-order chi connectivity index (χ1) is 15.1. The van der Waals surface area contributed by atoms with Crippen LogP contribution < -0.4 is 14.8 Å². The van der Waals surface area contributed by atoms with Gasteiger partial charge in [-0.15, -0.1) is 0 Å². The van der Waals surface area contributed by atoms with Crippen molar-refractivity contribution in [2.45, 2.75) is 24.8 Å². The van der Waals surface area contributed by atoms with Crippen molar-refractivity contribution >= 4 is 27.7 Å². The number of hydrogen-bond acceptors (Lipinski definition) is 6. The van der Waals surface area contributed by atoms with Crippen molar-refractivity contribution in [2.24, 2.45) is 0 Å². The lowest BCUT2D eigenvalue weighted by molar-refractivity contribution is -0.116. The quantitative estimate of drug-likeness (QED) is 0.593. The third kappa shape index (κ3) is 3.40. The average molecular weight is 481 g/mol. The van der Waals surface area contributed by atoms with Crippen LogP contribution in [0.5, 0.6) is 11.5 Å². The summed E-state index contributed by atoms with van der Waals surface area (Å²) in [6.45, 7) is 0. The molecule has 2 atom stereocenters. The zero-order valence-electron chi connectivity index (χ0n) is 17.1. The van der Waals surface area contributed by atoms with Crippen LogP contribution in [0.25, 0.3) is 0 Å². The van der Waals surface area contributed by atoms with Crippen LogP contribution in [-0.2, 0) is 4.79 Å². The second-order valence-corrected chi connectivity index (χ2v) is 8.56. The van der Waals surface area contributed by atoms with E-state index in [0.717, 1.165) is 26.9 Å².